The monoisotopic (exact) mass is 613 g/mol. The van der Waals surface area contributed by atoms with E-state index in [0.29, 0.717) is 12.2 Å². The lowest BCUT2D eigenvalue weighted by atomic mass is 9.71. The van der Waals surface area contributed by atoms with Crippen LogP contribution >= 0.6 is 11.3 Å². The predicted octanol–water partition coefficient (Wildman–Crippen LogP) is 5.98. The van der Waals surface area contributed by atoms with Crippen LogP contribution in [0.25, 0.3) is 21.5 Å². The lowest BCUT2D eigenvalue weighted by molar-refractivity contribution is -0.126. The van der Waals surface area contributed by atoms with Gasteiger partial charge in [-0.25, -0.2) is 8.42 Å². The maximum atomic E-state index is 14.2. The Hall–Kier alpha value is -3.86. The number of nitrogens with one attached hydrogen (secondary N) is 3. The van der Waals surface area contributed by atoms with Crippen molar-refractivity contribution in [2.45, 2.75) is 60.6 Å². The van der Waals surface area contributed by atoms with Crippen LogP contribution < -0.4 is 10.0 Å². The molecule has 0 saturated heterocycles. The number of carbonyl (C=O) groups excluding carboxylic acids is 1. The number of para-hydroxylation sites is 1. The van der Waals surface area contributed by atoms with Gasteiger partial charge >= 0.3 is 0 Å². The molecular weight excluding hydrogens is 579 g/mol. The van der Waals surface area contributed by atoms with Crippen LogP contribution in [0.1, 0.15) is 50.3 Å². The molecule has 8 nitrogen and oxygen atoms in total. The molecule has 4 aromatic heterocycles. The van der Waals surface area contributed by atoms with E-state index >= 15 is 0 Å². The minimum absolute atomic E-state index is 0.128. The van der Waals surface area contributed by atoms with Crippen molar-refractivity contribution in [2.24, 2.45) is 0 Å². The zero-order chi connectivity index (χ0) is 29.9. The molecule has 1 atom stereocenters. The number of carbonyl (C=O) groups is 1. The first-order valence-electron chi connectivity index (χ1n) is 14.6. The highest BCUT2D eigenvalue weighted by molar-refractivity contribution is 7.91. The Morgan fingerprint density at radius 3 is 2.44 bits per heavy atom. The lowest BCUT2D eigenvalue weighted by Gasteiger charge is -2.38. The van der Waals surface area contributed by atoms with Gasteiger partial charge in [0.2, 0.25) is 5.91 Å². The van der Waals surface area contributed by atoms with Crippen molar-refractivity contribution in [1.29, 1.82) is 0 Å². The Morgan fingerprint density at radius 2 is 1.70 bits per heavy atom. The molecule has 1 fully saturated rings. The third-order valence-corrected chi connectivity index (χ3v) is 11.6. The summed E-state index contributed by atoms with van der Waals surface area (Å²) in [6.45, 7) is 2.06. The fourth-order valence-corrected chi connectivity index (χ4v) is 8.81. The molecule has 43 heavy (non-hydrogen) atoms. The molecule has 1 aromatic carbocycles. The molecule has 222 valence electrons. The second kappa shape index (κ2) is 12.0. The molecule has 1 aliphatic carbocycles. The first-order valence-corrected chi connectivity index (χ1v) is 16.9. The smallest absolute Gasteiger partial charge is 0.251 e. The minimum atomic E-state index is -4.06. The summed E-state index contributed by atoms with van der Waals surface area (Å²) in [5.41, 5.74) is 1.68. The molecule has 1 aliphatic rings. The van der Waals surface area contributed by atoms with E-state index in [9.17, 15) is 13.2 Å². The van der Waals surface area contributed by atoms with Gasteiger partial charge in [0, 0.05) is 53.6 Å². The Morgan fingerprint density at radius 1 is 0.953 bits per heavy atom. The minimum Gasteiger partial charge on any atom is -0.361 e. The summed E-state index contributed by atoms with van der Waals surface area (Å²) in [7, 11) is -4.06. The number of fused-ring (bicyclic) bond motifs is 1. The average Bonchev–Trinajstić information content (AvgIpc) is 3.70. The van der Waals surface area contributed by atoms with Crippen molar-refractivity contribution in [3.05, 3.63) is 103 Å². The van der Waals surface area contributed by atoms with E-state index in [1.54, 1.807) is 31.5 Å². The fourth-order valence-electron chi connectivity index (χ4n) is 6.15. The Kier molecular flexibility index (Phi) is 8.17. The number of pyridine rings is 2. The molecule has 0 aliphatic heterocycles. The van der Waals surface area contributed by atoms with Crippen LogP contribution in [0.4, 0.5) is 0 Å². The molecule has 5 aromatic rings. The van der Waals surface area contributed by atoms with Gasteiger partial charge in [-0.15, -0.1) is 11.3 Å². The van der Waals surface area contributed by atoms with Gasteiger partial charge in [0.05, 0.1) is 10.6 Å². The number of sulfonamides is 1. The van der Waals surface area contributed by atoms with Gasteiger partial charge < -0.3 is 10.3 Å². The summed E-state index contributed by atoms with van der Waals surface area (Å²) < 4.78 is 30.7. The van der Waals surface area contributed by atoms with Crippen molar-refractivity contribution in [2.75, 3.05) is 6.54 Å². The number of hydrogen-bond acceptors (Lipinski definition) is 6. The zero-order valence-corrected chi connectivity index (χ0v) is 25.7. The maximum absolute atomic E-state index is 14.2. The average molecular weight is 614 g/mol. The highest BCUT2D eigenvalue weighted by Gasteiger charge is 2.42. The van der Waals surface area contributed by atoms with Crippen LogP contribution in [-0.2, 0) is 26.7 Å². The van der Waals surface area contributed by atoms with Crippen LogP contribution in [0.2, 0.25) is 0 Å². The van der Waals surface area contributed by atoms with E-state index in [1.165, 1.54) is 0 Å². The quantitative estimate of drug-likeness (QED) is 0.179. The SMILES string of the molecule is C[C@@](Cc1c[nH]c2ccccc12)(NS(=O)(=O)c1ccc(-c2ccccn2)s1)C(=O)NCC1(c2ccccn2)CCCCC1. The zero-order valence-electron chi connectivity index (χ0n) is 24.0. The number of H-pyrrole nitrogens is 1. The molecule has 1 saturated carbocycles. The highest BCUT2D eigenvalue weighted by Crippen LogP contribution is 2.38. The number of benzene rings is 1. The molecule has 0 radical (unpaired) electrons. The molecule has 6 rings (SSSR count). The topological polar surface area (TPSA) is 117 Å². The third kappa shape index (κ3) is 6.13. The summed E-state index contributed by atoms with van der Waals surface area (Å²) in [5, 5.41) is 4.13. The highest BCUT2D eigenvalue weighted by atomic mass is 32.2. The van der Waals surface area contributed by atoms with Gasteiger partial charge in [0.15, 0.2) is 0 Å². The molecule has 10 heteroatoms. The number of thiophene rings is 1. The van der Waals surface area contributed by atoms with Crippen molar-refractivity contribution >= 4 is 38.2 Å². The molecule has 3 N–H and O–H groups in total. The molecule has 0 spiro atoms. The van der Waals surface area contributed by atoms with E-state index in [1.807, 2.05) is 66.9 Å². The maximum Gasteiger partial charge on any atom is 0.251 e. The Balaban J connectivity index is 1.31. The predicted molar refractivity (Wildman–Crippen MR) is 170 cm³/mol. The largest absolute Gasteiger partial charge is 0.361 e. The van der Waals surface area contributed by atoms with Crippen LogP contribution in [0, 0.1) is 0 Å². The Bertz CT molecular complexity index is 1810. The van der Waals surface area contributed by atoms with Crippen LogP contribution in [-0.4, -0.2) is 41.4 Å². The van der Waals surface area contributed by atoms with Crippen LogP contribution in [0.5, 0.6) is 0 Å². The van der Waals surface area contributed by atoms with Crippen LogP contribution in [0.3, 0.4) is 0 Å². The van der Waals surface area contributed by atoms with E-state index in [0.717, 1.165) is 70.5 Å². The molecular formula is C33H35N5O3S2. The molecule has 4 heterocycles. The number of nitrogens with zero attached hydrogens (tertiary/aromatic N) is 2. The number of aromatic nitrogens is 3. The van der Waals surface area contributed by atoms with Crippen LogP contribution in [0.15, 0.2) is 95.6 Å². The molecule has 1 amide bonds. The van der Waals surface area contributed by atoms with Crippen molar-refractivity contribution in [3.63, 3.8) is 0 Å². The van der Waals surface area contributed by atoms with E-state index in [2.05, 4.69) is 25.0 Å². The van der Waals surface area contributed by atoms with Crippen molar-refractivity contribution in [3.8, 4) is 10.6 Å². The first-order chi connectivity index (χ1) is 20.8. The molecule has 0 bridgehead atoms. The van der Waals surface area contributed by atoms with E-state index in [4.69, 9.17) is 0 Å². The second-order valence-corrected chi connectivity index (χ2v) is 14.5. The molecule has 0 unspecified atom stereocenters. The van der Waals surface area contributed by atoms with Gasteiger partial charge in [-0.1, -0.05) is 49.6 Å². The summed E-state index contributed by atoms with van der Waals surface area (Å²) in [5.74, 6) is -0.372. The fraction of sp³-hybridized carbons (Fsp3) is 0.303. The standard InChI is InChI=1S/C33H35N5O3S2/c1-32(21-24-22-36-26-12-4-3-11-25(24)26,38-43(40,41)30-16-15-28(42-30)27-13-5-9-19-34-27)31(39)37-23-33(17-7-2-8-18-33)29-14-6-10-20-35-29/h3-6,9-16,19-20,22,36,38H,2,7-8,17-18,21,23H2,1H3,(H,37,39)/t32-/m0/s1. The second-order valence-electron chi connectivity index (χ2n) is 11.5. The van der Waals surface area contributed by atoms with Gasteiger partial charge in [-0.05, 0) is 67.8 Å². The summed E-state index contributed by atoms with van der Waals surface area (Å²) in [4.78, 5) is 27.2. The Labute approximate surface area is 256 Å². The van der Waals surface area contributed by atoms with Crippen molar-refractivity contribution < 1.29 is 13.2 Å². The van der Waals surface area contributed by atoms with E-state index in [-0.39, 0.29) is 22.0 Å². The van der Waals surface area contributed by atoms with Crippen molar-refractivity contribution in [1.82, 2.24) is 25.0 Å². The van der Waals surface area contributed by atoms with Gasteiger partial charge in [-0.3, -0.25) is 14.8 Å². The van der Waals surface area contributed by atoms with E-state index < -0.39 is 15.6 Å². The number of rotatable bonds is 10. The lowest BCUT2D eigenvalue weighted by Crippen LogP contribution is -2.59. The normalized spacial score (nSPS) is 16.5. The number of aromatic amines is 1. The van der Waals surface area contributed by atoms with Gasteiger partial charge in [0.1, 0.15) is 9.75 Å². The van der Waals surface area contributed by atoms with Gasteiger partial charge in [0.25, 0.3) is 10.0 Å². The van der Waals surface area contributed by atoms with Gasteiger partial charge in [-0.2, -0.15) is 4.72 Å². The number of hydrogen-bond donors (Lipinski definition) is 3. The summed E-state index contributed by atoms with van der Waals surface area (Å²) >= 11 is 1.13. The number of amides is 1. The summed E-state index contributed by atoms with van der Waals surface area (Å²) in [6.07, 6.45) is 10.6. The third-order valence-electron chi connectivity index (χ3n) is 8.45. The first kappa shape index (κ1) is 29.2. The summed E-state index contributed by atoms with van der Waals surface area (Å²) in [6, 6.07) is 22.6.